The number of sulfonamides is 1. The highest BCUT2D eigenvalue weighted by Crippen LogP contribution is 2.30. The molecular formula is C22H17FN2O4S. The molecule has 152 valence electrons. The fraction of sp³-hybridized carbons (Fsp3) is 0.0455. The van der Waals surface area contributed by atoms with E-state index in [0.29, 0.717) is 17.5 Å². The molecule has 1 aromatic heterocycles. The van der Waals surface area contributed by atoms with Crippen LogP contribution in [0.15, 0.2) is 93.0 Å². The Morgan fingerprint density at radius 3 is 2.37 bits per heavy atom. The molecule has 4 aromatic rings. The number of nitrogens with one attached hydrogen (secondary N) is 2. The molecule has 2 N–H and O–H groups in total. The minimum Gasteiger partial charge on any atom is -0.421 e. The van der Waals surface area contributed by atoms with Gasteiger partial charge in [0.1, 0.15) is 11.4 Å². The van der Waals surface area contributed by atoms with Crippen molar-refractivity contribution in [1.29, 1.82) is 0 Å². The second kappa shape index (κ2) is 8.00. The summed E-state index contributed by atoms with van der Waals surface area (Å²) in [5.41, 5.74) is 0.407. The van der Waals surface area contributed by atoms with E-state index in [2.05, 4.69) is 10.0 Å². The third-order valence-corrected chi connectivity index (χ3v) is 5.82. The van der Waals surface area contributed by atoms with Gasteiger partial charge in [-0.05, 0) is 35.9 Å². The smallest absolute Gasteiger partial charge is 0.363 e. The lowest BCUT2D eigenvalue weighted by Crippen LogP contribution is -2.20. The SMILES string of the molecule is O=c1oc2ccccc2c(NCc2ccccc2)c1NS(=O)(=O)c1cccc(F)c1. The lowest BCUT2D eigenvalue weighted by molar-refractivity contribution is 0.563. The summed E-state index contributed by atoms with van der Waals surface area (Å²) in [6, 6.07) is 20.8. The highest BCUT2D eigenvalue weighted by atomic mass is 32.2. The van der Waals surface area contributed by atoms with Gasteiger partial charge in [-0.2, -0.15) is 0 Å². The van der Waals surface area contributed by atoms with Gasteiger partial charge in [0.15, 0.2) is 5.69 Å². The number of anilines is 2. The van der Waals surface area contributed by atoms with Crippen LogP contribution in [-0.2, 0) is 16.6 Å². The van der Waals surface area contributed by atoms with E-state index >= 15 is 0 Å². The minimum absolute atomic E-state index is 0.270. The summed E-state index contributed by atoms with van der Waals surface area (Å²) in [7, 11) is -4.22. The summed E-state index contributed by atoms with van der Waals surface area (Å²) >= 11 is 0. The van der Waals surface area contributed by atoms with E-state index < -0.39 is 21.5 Å². The van der Waals surface area contributed by atoms with Crippen LogP contribution < -0.4 is 15.7 Å². The molecule has 0 aliphatic rings. The van der Waals surface area contributed by atoms with Crippen LogP contribution in [0.5, 0.6) is 0 Å². The van der Waals surface area contributed by atoms with Gasteiger partial charge < -0.3 is 9.73 Å². The second-order valence-electron chi connectivity index (χ2n) is 6.54. The molecule has 1 heterocycles. The fourth-order valence-corrected chi connectivity index (χ4v) is 4.14. The minimum atomic E-state index is -4.22. The van der Waals surface area contributed by atoms with Crippen LogP contribution in [0.3, 0.4) is 0 Å². The number of hydrogen-bond acceptors (Lipinski definition) is 5. The Bertz CT molecular complexity index is 1370. The molecule has 0 bridgehead atoms. The third kappa shape index (κ3) is 4.04. The zero-order chi connectivity index (χ0) is 21.1. The van der Waals surface area contributed by atoms with Crippen molar-refractivity contribution in [2.45, 2.75) is 11.4 Å². The standard InChI is InChI=1S/C22H17FN2O4S/c23-16-9-6-10-17(13-16)30(27,28)25-21-20(24-14-15-7-2-1-3-8-15)18-11-4-5-12-19(18)29-22(21)26/h1-13,24-25H,14H2. The van der Waals surface area contributed by atoms with Crippen molar-refractivity contribution >= 4 is 32.4 Å². The summed E-state index contributed by atoms with van der Waals surface area (Å²) in [4.78, 5) is 12.3. The average Bonchev–Trinajstić information content (AvgIpc) is 2.74. The van der Waals surface area contributed by atoms with Gasteiger partial charge in [0.25, 0.3) is 10.0 Å². The monoisotopic (exact) mass is 424 g/mol. The molecule has 0 aliphatic heterocycles. The molecule has 6 nitrogen and oxygen atoms in total. The normalized spacial score (nSPS) is 11.4. The quantitative estimate of drug-likeness (QED) is 0.450. The Morgan fingerprint density at radius 2 is 1.60 bits per heavy atom. The molecule has 0 unspecified atom stereocenters. The van der Waals surface area contributed by atoms with Gasteiger partial charge in [0.05, 0.1) is 10.6 Å². The predicted octanol–water partition coefficient (Wildman–Crippen LogP) is 4.35. The maximum absolute atomic E-state index is 13.5. The highest BCUT2D eigenvalue weighted by molar-refractivity contribution is 7.92. The first kappa shape index (κ1) is 19.7. The Labute approximate surface area is 172 Å². The molecule has 0 saturated heterocycles. The molecule has 8 heteroatoms. The zero-order valence-electron chi connectivity index (χ0n) is 15.6. The Kier molecular flexibility index (Phi) is 5.24. The van der Waals surface area contributed by atoms with Gasteiger partial charge in [0.2, 0.25) is 0 Å². The molecular weight excluding hydrogens is 407 g/mol. The first-order valence-electron chi connectivity index (χ1n) is 9.06. The maximum Gasteiger partial charge on any atom is 0.363 e. The van der Waals surface area contributed by atoms with Crippen LogP contribution in [-0.4, -0.2) is 8.42 Å². The number of fused-ring (bicyclic) bond motifs is 1. The van der Waals surface area contributed by atoms with Crippen LogP contribution in [0.2, 0.25) is 0 Å². The van der Waals surface area contributed by atoms with Crippen LogP contribution in [0.25, 0.3) is 11.0 Å². The third-order valence-electron chi connectivity index (χ3n) is 4.47. The first-order chi connectivity index (χ1) is 14.4. The van der Waals surface area contributed by atoms with E-state index in [1.807, 2.05) is 30.3 Å². The van der Waals surface area contributed by atoms with Crippen LogP contribution in [0, 0.1) is 5.82 Å². The van der Waals surface area contributed by atoms with Gasteiger partial charge >= 0.3 is 5.63 Å². The Balaban J connectivity index is 1.80. The van der Waals surface area contributed by atoms with Crippen molar-refractivity contribution in [2.75, 3.05) is 10.0 Å². The van der Waals surface area contributed by atoms with Gasteiger partial charge in [-0.1, -0.05) is 48.5 Å². The van der Waals surface area contributed by atoms with E-state index in [-0.39, 0.29) is 16.3 Å². The van der Waals surface area contributed by atoms with Crippen LogP contribution in [0.4, 0.5) is 15.8 Å². The largest absolute Gasteiger partial charge is 0.421 e. The molecule has 0 amide bonds. The highest BCUT2D eigenvalue weighted by Gasteiger charge is 2.22. The number of hydrogen-bond donors (Lipinski definition) is 2. The van der Waals surface area contributed by atoms with Gasteiger partial charge in [0, 0.05) is 11.9 Å². The van der Waals surface area contributed by atoms with E-state index in [9.17, 15) is 17.6 Å². The number of para-hydroxylation sites is 1. The zero-order valence-corrected chi connectivity index (χ0v) is 16.4. The fourth-order valence-electron chi connectivity index (χ4n) is 3.04. The second-order valence-corrected chi connectivity index (χ2v) is 8.22. The Morgan fingerprint density at radius 1 is 0.867 bits per heavy atom. The van der Waals surface area contributed by atoms with Crippen molar-refractivity contribution in [1.82, 2.24) is 0 Å². The van der Waals surface area contributed by atoms with Gasteiger partial charge in [-0.25, -0.2) is 17.6 Å². The summed E-state index contributed by atoms with van der Waals surface area (Å²) in [5.74, 6) is -0.703. The van der Waals surface area contributed by atoms with E-state index in [1.54, 1.807) is 24.3 Å². The van der Waals surface area contributed by atoms with Crippen LogP contribution in [0.1, 0.15) is 5.56 Å². The van der Waals surface area contributed by atoms with Crippen LogP contribution >= 0.6 is 0 Å². The average molecular weight is 424 g/mol. The summed E-state index contributed by atoms with van der Waals surface area (Å²) in [6.45, 7) is 0.350. The molecule has 3 aromatic carbocycles. The summed E-state index contributed by atoms with van der Waals surface area (Å²) in [5, 5.41) is 3.67. The van der Waals surface area contributed by atoms with Crippen molar-refractivity contribution in [2.24, 2.45) is 0 Å². The van der Waals surface area contributed by atoms with E-state index in [0.717, 1.165) is 17.7 Å². The molecule has 30 heavy (non-hydrogen) atoms. The van der Waals surface area contributed by atoms with E-state index in [1.165, 1.54) is 12.1 Å². The molecule has 0 spiro atoms. The lowest BCUT2D eigenvalue weighted by Gasteiger charge is -2.15. The van der Waals surface area contributed by atoms with E-state index in [4.69, 9.17) is 4.42 Å². The molecule has 0 atom stereocenters. The first-order valence-corrected chi connectivity index (χ1v) is 10.5. The topological polar surface area (TPSA) is 88.4 Å². The summed E-state index contributed by atoms with van der Waals surface area (Å²) in [6.07, 6.45) is 0. The van der Waals surface area contributed by atoms with Crippen molar-refractivity contribution < 1.29 is 17.2 Å². The molecule has 0 radical (unpaired) electrons. The maximum atomic E-state index is 13.5. The number of halogens is 1. The van der Waals surface area contributed by atoms with Gasteiger partial charge in [-0.3, -0.25) is 4.72 Å². The predicted molar refractivity (Wildman–Crippen MR) is 113 cm³/mol. The lowest BCUT2D eigenvalue weighted by atomic mass is 10.1. The van der Waals surface area contributed by atoms with Crippen molar-refractivity contribution in [3.63, 3.8) is 0 Å². The Hall–Kier alpha value is -3.65. The van der Waals surface area contributed by atoms with Crippen molar-refractivity contribution in [3.8, 4) is 0 Å². The van der Waals surface area contributed by atoms with Gasteiger partial charge in [-0.15, -0.1) is 0 Å². The molecule has 0 fully saturated rings. The number of rotatable bonds is 6. The van der Waals surface area contributed by atoms with Crippen molar-refractivity contribution in [3.05, 3.63) is 101 Å². The summed E-state index contributed by atoms with van der Waals surface area (Å²) < 4.78 is 46.7. The molecule has 0 aliphatic carbocycles. The molecule has 0 saturated carbocycles. The number of benzene rings is 3. The molecule has 4 rings (SSSR count).